The zero-order valence-electron chi connectivity index (χ0n) is 7.99. The summed E-state index contributed by atoms with van der Waals surface area (Å²) >= 11 is 1.60. The minimum atomic E-state index is 0.0844. The highest BCUT2D eigenvalue weighted by Gasteiger charge is 2.08. The Hall–Kier alpha value is -0.510. The monoisotopic (exact) mass is 197 g/mol. The van der Waals surface area contributed by atoms with Crippen molar-refractivity contribution in [2.24, 2.45) is 0 Å². The molecule has 0 fully saturated rings. The third-order valence-corrected chi connectivity index (χ3v) is 2.75. The largest absolute Gasteiger partial charge is 0.365 e. The van der Waals surface area contributed by atoms with Crippen LogP contribution in [0.15, 0.2) is 30.3 Å². The first-order chi connectivity index (χ1) is 6.38. The highest BCUT2D eigenvalue weighted by atomic mass is 32.2. The Labute approximate surface area is 83.8 Å². The van der Waals surface area contributed by atoms with Crippen molar-refractivity contribution in [3.8, 4) is 0 Å². The van der Waals surface area contributed by atoms with Crippen molar-refractivity contribution in [1.29, 1.82) is 0 Å². The lowest BCUT2D eigenvalue weighted by atomic mass is 10.2. The first-order valence-corrected chi connectivity index (χ1v) is 5.22. The summed E-state index contributed by atoms with van der Waals surface area (Å²) < 4.78 is 8.53. The number of nitrogens with one attached hydrogen (secondary N) is 1. The van der Waals surface area contributed by atoms with Crippen LogP contribution >= 0.6 is 11.9 Å². The molecule has 1 aromatic rings. The lowest BCUT2D eigenvalue weighted by Gasteiger charge is -2.14. The standard InChI is InChI=1S/C10H15NOS/c1-3-11-13-10(12-2)9-7-5-4-6-8-9/h4-8,10-11H,3H2,1-2H3. The molecule has 0 radical (unpaired) electrons. The van der Waals surface area contributed by atoms with Crippen molar-refractivity contribution in [2.45, 2.75) is 12.4 Å². The number of ether oxygens (including phenoxy) is 1. The van der Waals surface area contributed by atoms with Crippen molar-refractivity contribution in [2.75, 3.05) is 13.7 Å². The van der Waals surface area contributed by atoms with Gasteiger partial charge in [0.05, 0.1) is 0 Å². The van der Waals surface area contributed by atoms with Crippen LogP contribution in [0.25, 0.3) is 0 Å². The third kappa shape index (κ3) is 3.38. The topological polar surface area (TPSA) is 21.3 Å². The van der Waals surface area contributed by atoms with Gasteiger partial charge in [-0.15, -0.1) is 0 Å². The van der Waals surface area contributed by atoms with Crippen molar-refractivity contribution >= 4 is 11.9 Å². The van der Waals surface area contributed by atoms with Crippen LogP contribution in [0.1, 0.15) is 17.9 Å². The number of hydrogen-bond acceptors (Lipinski definition) is 3. The van der Waals surface area contributed by atoms with Crippen molar-refractivity contribution in [3.63, 3.8) is 0 Å². The molecule has 13 heavy (non-hydrogen) atoms. The van der Waals surface area contributed by atoms with E-state index in [-0.39, 0.29) is 5.44 Å². The summed E-state index contributed by atoms with van der Waals surface area (Å²) in [5.74, 6) is 0. The molecule has 0 aliphatic heterocycles. The summed E-state index contributed by atoms with van der Waals surface area (Å²) in [4.78, 5) is 0. The molecule has 0 saturated carbocycles. The quantitative estimate of drug-likeness (QED) is 0.579. The van der Waals surface area contributed by atoms with Crippen LogP contribution < -0.4 is 4.72 Å². The van der Waals surface area contributed by atoms with Gasteiger partial charge in [0.15, 0.2) is 0 Å². The van der Waals surface area contributed by atoms with Gasteiger partial charge in [-0.2, -0.15) is 0 Å². The van der Waals surface area contributed by atoms with Crippen LogP contribution in [-0.2, 0) is 4.74 Å². The number of hydrogen-bond donors (Lipinski definition) is 1. The molecular formula is C10H15NOS. The van der Waals surface area contributed by atoms with Gasteiger partial charge >= 0.3 is 0 Å². The lowest BCUT2D eigenvalue weighted by Crippen LogP contribution is -2.07. The van der Waals surface area contributed by atoms with Gasteiger partial charge in [0.1, 0.15) is 5.44 Å². The molecule has 0 aliphatic rings. The van der Waals surface area contributed by atoms with Gasteiger partial charge in [-0.3, -0.25) is 4.72 Å². The van der Waals surface area contributed by atoms with Crippen LogP contribution in [0.3, 0.4) is 0 Å². The Morgan fingerprint density at radius 3 is 2.62 bits per heavy atom. The SMILES string of the molecule is CCNSC(OC)c1ccccc1. The van der Waals surface area contributed by atoms with Crippen molar-refractivity contribution in [1.82, 2.24) is 4.72 Å². The first-order valence-electron chi connectivity index (χ1n) is 4.34. The molecule has 72 valence electrons. The molecule has 1 atom stereocenters. The Bertz CT molecular complexity index is 228. The summed E-state index contributed by atoms with van der Waals surface area (Å²) in [6, 6.07) is 10.2. The highest BCUT2D eigenvalue weighted by Crippen LogP contribution is 2.26. The molecule has 0 bridgehead atoms. The Morgan fingerprint density at radius 2 is 2.08 bits per heavy atom. The van der Waals surface area contributed by atoms with Gasteiger partial charge in [0.25, 0.3) is 0 Å². The summed E-state index contributed by atoms with van der Waals surface area (Å²) in [5, 5.41) is 0. The predicted octanol–water partition coefficient (Wildman–Crippen LogP) is 2.59. The Morgan fingerprint density at radius 1 is 1.38 bits per heavy atom. The summed E-state index contributed by atoms with van der Waals surface area (Å²) in [7, 11) is 1.72. The van der Waals surface area contributed by atoms with E-state index >= 15 is 0 Å². The second-order valence-electron chi connectivity index (χ2n) is 2.59. The van der Waals surface area contributed by atoms with E-state index in [2.05, 4.69) is 23.8 Å². The Kier molecular flexibility index (Phi) is 4.90. The number of rotatable bonds is 5. The van der Waals surface area contributed by atoms with Gasteiger partial charge in [0, 0.05) is 13.7 Å². The van der Waals surface area contributed by atoms with E-state index in [0.717, 1.165) is 6.54 Å². The summed E-state index contributed by atoms with van der Waals surface area (Å²) in [6.07, 6.45) is 0. The maximum atomic E-state index is 5.34. The fourth-order valence-electron chi connectivity index (χ4n) is 1.02. The van der Waals surface area contributed by atoms with Crippen molar-refractivity contribution in [3.05, 3.63) is 35.9 Å². The molecule has 0 saturated heterocycles. The molecule has 1 N–H and O–H groups in total. The number of benzene rings is 1. The van der Waals surface area contributed by atoms with Crippen LogP contribution in [0.5, 0.6) is 0 Å². The van der Waals surface area contributed by atoms with Gasteiger partial charge in [-0.1, -0.05) is 37.3 Å². The zero-order valence-corrected chi connectivity index (χ0v) is 8.80. The molecule has 2 nitrogen and oxygen atoms in total. The van der Waals surface area contributed by atoms with E-state index in [1.165, 1.54) is 5.56 Å². The molecule has 0 heterocycles. The fourth-order valence-corrected chi connectivity index (χ4v) is 1.73. The fraction of sp³-hybridized carbons (Fsp3) is 0.400. The average molecular weight is 197 g/mol. The van der Waals surface area contributed by atoms with Crippen LogP contribution in [0.4, 0.5) is 0 Å². The molecule has 0 spiro atoms. The molecule has 0 aromatic heterocycles. The van der Waals surface area contributed by atoms with E-state index in [1.807, 2.05) is 18.2 Å². The molecule has 1 aromatic carbocycles. The smallest absolute Gasteiger partial charge is 0.141 e. The van der Waals surface area contributed by atoms with Crippen LogP contribution in [0, 0.1) is 0 Å². The van der Waals surface area contributed by atoms with E-state index in [0.29, 0.717) is 0 Å². The second kappa shape index (κ2) is 6.02. The molecule has 1 rings (SSSR count). The number of methoxy groups -OCH3 is 1. The van der Waals surface area contributed by atoms with Gasteiger partial charge in [0.2, 0.25) is 0 Å². The zero-order chi connectivity index (χ0) is 9.52. The summed E-state index contributed by atoms with van der Waals surface area (Å²) in [5.41, 5.74) is 1.28. The van der Waals surface area contributed by atoms with Gasteiger partial charge < -0.3 is 4.74 Å². The average Bonchev–Trinajstić information content (AvgIpc) is 2.21. The van der Waals surface area contributed by atoms with E-state index in [1.54, 1.807) is 19.1 Å². The van der Waals surface area contributed by atoms with Crippen molar-refractivity contribution < 1.29 is 4.74 Å². The normalized spacial score (nSPS) is 12.8. The third-order valence-electron chi connectivity index (χ3n) is 1.62. The molecular weight excluding hydrogens is 182 g/mol. The van der Waals surface area contributed by atoms with E-state index in [9.17, 15) is 0 Å². The molecule has 1 unspecified atom stereocenters. The van der Waals surface area contributed by atoms with Crippen LogP contribution in [-0.4, -0.2) is 13.7 Å². The van der Waals surface area contributed by atoms with Gasteiger partial charge in [-0.25, -0.2) is 0 Å². The van der Waals surface area contributed by atoms with Gasteiger partial charge in [-0.05, 0) is 17.5 Å². The summed E-state index contributed by atoms with van der Waals surface area (Å²) in [6.45, 7) is 3.02. The maximum absolute atomic E-state index is 5.34. The predicted molar refractivity (Wildman–Crippen MR) is 57.5 cm³/mol. The highest BCUT2D eigenvalue weighted by molar-refractivity contribution is 7.97. The second-order valence-corrected chi connectivity index (χ2v) is 3.55. The van der Waals surface area contributed by atoms with E-state index in [4.69, 9.17) is 4.74 Å². The van der Waals surface area contributed by atoms with E-state index < -0.39 is 0 Å². The molecule has 0 amide bonds. The lowest BCUT2D eigenvalue weighted by molar-refractivity contribution is 0.175. The minimum absolute atomic E-state index is 0.0844. The maximum Gasteiger partial charge on any atom is 0.141 e. The van der Waals surface area contributed by atoms with Crippen LogP contribution in [0.2, 0.25) is 0 Å². The molecule has 0 aliphatic carbocycles. The Balaban J connectivity index is 2.56. The molecule has 3 heteroatoms. The minimum Gasteiger partial charge on any atom is -0.365 e. The first kappa shape index (κ1) is 10.6.